The molecule has 0 spiro atoms. The Kier molecular flexibility index (Phi) is 3.62. The van der Waals surface area contributed by atoms with Gasteiger partial charge in [0.15, 0.2) is 9.84 Å². The Morgan fingerprint density at radius 2 is 1.63 bits per heavy atom. The fraction of sp³-hybridized carbons (Fsp3) is 0.200. The van der Waals surface area contributed by atoms with E-state index in [9.17, 15) is 8.42 Å². The molecule has 0 atom stereocenters. The maximum absolute atomic E-state index is 12.3. The zero-order chi connectivity index (χ0) is 14.0. The van der Waals surface area contributed by atoms with Crippen LogP contribution in [0.3, 0.4) is 0 Å². The van der Waals surface area contributed by atoms with Crippen LogP contribution in [-0.4, -0.2) is 8.42 Å². The van der Waals surface area contributed by atoms with E-state index in [-0.39, 0.29) is 5.75 Å². The predicted octanol–water partition coefficient (Wildman–Crippen LogP) is 2.86. The predicted molar refractivity (Wildman–Crippen MR) is 77.7 cm³/mol. The van der Waals surface area contributed by atoms with Crippen molar-refractivity contribution < 1.29 is 8.42 Å². The molecule has 0 fully saturated rings. The molecule has 0 saturated carbocycles. The summed E-state index contributed by atoms with van der Waals surface area (Å²) < 4.78 is 24.7. The van der Waals surface area contributed by atoms with E-state index in [2.05, 4.69) is 0 Å². The summed E-state index contributed by atoms with van der Waals surface area (Å²) in [6.45, 7) is 3.77. The van der Waals surface area contributed by atoms with E-state index in [0.717, 1.165) is 16.7 Å². The van der Waals surface area contributed by atoms with Crippen LogP contribution in [0, 0.1) is 13.8 Å². The quantitative estimate of drug-likeness (QED) is 0.876. The van der Waals surface area contributed by atoms with Crippen LogP contribution in [0.2, 0.25) is 0 Å². The highest BCUT2D eigenvalue weighted by molar-refractivity contribution is 7.90. The highest BCUT2D eigenvalue weighted by Gasteiger charge is 2.16. The van der Waals surface area contributed by atoms with Gasteiger partial charge in [-0.25, -0.2) is 8.42 Å². The maximum atomic E-state index is 12.3. The van der Waals surface area contributed by atoms with E-state index < -0.39 is 9.84 Å². The number of hydrogen-bond donors (Lipinski definition) is 1. The van der Waals surface area contributed by atoms with E-state index in [1.807, 2.05) is 13.8 Å². The molecule has 0 aliphatic carbocycles. The molecular weight excluding hydrogens is 258 g/mol. The van der Waals surface area contributed by atoms with Gasteiger partial charge >= 0.3 is 0 Å². The molecule has 2 N–H and O–H groups in total. The van der Waals surface area contributed by atoms with Gasteiger partial charge < -0.3 is 5.73 Å². The lowest BCUT2D eigenvalue weighted by molar-refractivity contribution is 0.595. The second-order valence-corrected chi connectivity index (χ2v) is 6.69. The largest absolute Gasteiger partial charge is 0.399 e. The van der Waals surface area contributed by atoms with Crippen LogP contribution < -0.4 is 5.73 Å². The van der Waals surface area contributed by atoms with Gasteiger partial charge in [0.05, 0.1) is 10.6 Å². The lowest BCUT2D eigenvalue weighted by atomic mass is 10.1. The van der Waals surface area contributed by atoms with E-state index in [1.54, 1.807) is 42.5 Å². The maximum Gasteiger partial charge on any atom is 0.182 e. The average Bonchev–Trinajstić information content (AvgIpc) is 2.35. The molecule has 0 unspecified atom stereocenters. The van der Waals surface area contributed by atoms with Crippen LogP contribution in [-0.2, 0) is 15.6 Å². The fourth-order valence-corrected chi connectivity index (χ4v) is 3.33. The molecule has 2 aromatic rings. The molecule has 0 amide bonds. The zero-order valence-electron chi connectivity index (χ0n) is 11.1. The molecule has 100 valence electrons. The van der Waals surface area contributed by atoms with Crippen molar-refractivity contribution in [1.29, 1.82) is 0 Å². The number of nitrogen functional groups attached to an aromatic ring is 1. The Morgan fingerprint density at radius 1 is 1.00 bits per heavy atom. The standard InChI is InChI=1S/C15H17NO2S/c1-11-6-8-14(9-7-11)19(17,18)10-13-4-3-5-15(16)12(13)2/h3-9H,10,16H2,1-2H3. The van der Waals surface area contributed by atoms with Gasteiger partial charge in [0.1, 0.15) is 0 Å². The Hall–Kier alpha value is -1.81. The lowest BCUT2D eigenvalue weighted by Gasteiger charge is -2.09. The van der Waals surface area contributed by atoms with Crippen molar-refractivity contribution in [3.8, 4) is 0 Å². The van der Waals surface area contributed by atoms with Crippen molar-refractivity contribution in [3.63, 3.8) is 0 Å². The van der Waals surface area contributed by atoms with E-state index >= 15 is 0 Å². The Bertz CT molecular complexity index is 689. The van der Waals surface area contributed by atoms with Crippen LogP contribution in [0.4, 0.5) is 5.69 Å². The Morgan fingerprint density at radius 3 is 2.26 bits per heavy atom. The molecule has 0 aliphatic heterocycles. The lowest BCUT2D eigenvalue weighted by Crippen LogP contribution is -2.07. The first-order chi connectivity index (χ1) is 8.90. The van der Waals surface area contributed by atoms with Gasteiger partial charge in [0, 0.05) is 5.69 Å². The molecule has 4 heteroatoms. The van der Waals surface area contributed by atoms with Gasteiger partial charge in [-0.05, 0) is 43.2 Å². The first-order valence-corrected chi connectivity index (χ1v) is 7.69. The van der Waals surface area contributed by atoms with Crippen molar-refractivity contribution in [3.05, 3.63) is 59.2 Å². The van der Waals surface area contributed by atoms with Crippen LogP contribution in [0.15, 0.2) is 47.4 Å². The van der Waals surface area contributed by atoms with Gasteiger partial charge in [0.2, 0.25) is 0 Å². The summed E-state index contributed by atoms with van der Waals surface area (Å²) >= 11 is 0. The normalized spacial score (nSPS) is 11.5. The number of nitrogens with two attached hydrogens (primary N) is 1. The van der Waals surface area contributed by atoms with Crippen LogP contribution in [0.1, 0.15) is 16.7 Å². The minimum atomic E-state index is -3.32. The third-order valence-corrected chi connectivity index (χ3v) is 4.89. The average molecular weight is 275 g/mol. The highest BCUT2D eigenvalue weighted by Crippen LogP contribution is 2.22. The summed E-state index contributed by atoms with van der Waals surface area (Å²) in [7, 11) is -3.32. The molecule has 2 aromatic carbocycles. The molecule has 19 heavy (non-hydrogen) atoms. The smallest absolute Gasteiger partial charge is 0.182 e. The summed E-state index contributed by atoms with van der Waals surface area (Å²) in [5, 5.41) is 0. The molecule has 0 aliphatic rings. The third kappa shape index (κ3) is 2.96. The molecule has 0 radical (unpaired) electrons. The second kappa shape index (κ2) is 5.05. The first kappa shape index (κ1) is 13.6. The monoisotopic (exact) mass is 275 g/mol. The summed E-state index contributed by atoms with van der Waals surface area (Å²) in [6.07, 6.45) is 0. The van der Waals surface area contributed by atoms with Gasteiger partial charge in [-0.1, -0.05) is 29.8 Å². The number of hydrogen-bond acceptors (Lipinski definition) is 3. The van der Waals surface area contributed by atoms with Crippen molar-refractivity contribution in [2.45, 2.75) is 24.5 Å². The SMILES string of the molecule is Cc1ccc(S(=O)(=O)Cc2cccc(N)c2C)cc1. The topological polar surface area (TPSA) is 60.2 Å². The van der Waals surface area contributed by atoms with Gasteiger partial charge in [-0.3, -0.25) is 0 Å². The molecule has 3 nitrogen and oxygen atoms in total. The molecule has 0 aromatic heterocycles. The van der Waals surface area contributed by atoms with Gasteiger partial charge in [0.25, 0.3) is 0 Å². The van der Waals surface area contributed by atoms with Gasteiger partial charge in [-0.2, -0.15) is 0 Å². The molecule has 2 rings (SSSR count). The number of rotatable bonds is 3. The Labute approximate surface area is 114 Å². The van der Waals surface area contributed by atoms with Crippen molar-refractivity contribution in [2.24, 2.45) is 0 Å². The molecule has 0 bridgehead atoms. The zero-order valence-corrected chi connectivity index (χ0v) is 11.9. The second-order valence-electron chi connectivity index (χ2n) is 4.70. The highest BCUT2D eigenvalue weighted by atomic mass is 32.2. The van der Waals surface area contributed by atoms with Gasteiger partial charge in [-0.15, -0.1) is 0 Å². The molecular formula is C15H17NO2S. The van der Waals surface area contributed by atoms with Crippen molar-refractivity contribution >= 4 is 15.5 Å². The third-order valence-electron chi connectivity index (χ3n) is 3.21. The number of benzene rings is 2. The van der Waals surface area contributed by atoms with Crippen LogP contribution in [0.25, 0.3) is 0 Å². The minimum Gasteiger partial charge on any atom is -0.399 e. The van der Waals surface area contributed by atoms with Crippen LogP contribution in [0.5, 0.6) is 0 Å². The molecule has 0 saturated heterocycles. The fourth-order valence-electron chi connectivity index (χ4n) is 1.89. The van der Waals surface area contributed by atoms with E-state index in [1.165, 1.54) is 0 Å². The Balaban J connectivity index is 2.36. The summed E-state index contributed by atoms with van der Waals surface area (Å²) in [4.78, 5) is 0.347. The minimum absolute atomic E-state index is 0.0209. The number of aryl methyl sites for hydroxylation is 1. The van der Waals surface area contributed by atoms with E-state index in [0.29, 0.717) is 10.6 Å². The summed E-state index contributed by atoms with van der Waals surface area (Å²) in [5.74, 6) is -0.0209. The number of sulfone groups is 1. The van der Waals surface area contributed by atoms with E-state index in [4.69, 9.17) is 5.73 Å². The van der Waals surface area contributed by atoms with Crippen molar-refractivity contribution in [1.82, 2.24) is 0 Å². The van der Waals surface area contributed by atoms with Crippen molar-refractivity contribution in [2.75, 3.05) is 5.73 Å². The number of anilines is 1. The summed E-state index contributed by atoms with van der Waals surface area (Å²) in [5.41, 5.74) is 9.05. The van der Waals surface area contributed by atoms with Crippen LogP contribution >= 0.6 is 0 Å². The summed E-state index contributed by atoms with van der Waals surface area (Å²) in [6, 6.07) is 12.3. The molecule has 0 heterocycles. The first-order valence-electron chi connectivity index (χ1n) is 6.03.